The highest BCUT2D eigenvalue weighted by molar-refractivity contribution is 8.02. The van der Waals surface area contributed by atoms with E-state index in [9.17, 15) is 14.7 Å². The van der Waals surface area contributed by atoms with Gasteiger partial charge >= 0.3 is 0 Å². The summed E-state index contributed by atoms with van der Waals surface area (Å²) in [6.45, 7) is 17.7. The largest absolute Gasteiger partial charge is 0.396 e. The molecule has 3 fully saturated rings. The fourth-order valence-electron chi connectivity index (χ4n) is 8.31. The molecule has 258 valence electrons. The molecule has 5 rings (SSSR count). The summed E-state index contributed by atoms with van der Waals surface area (Å²) in [5.41, 5.74) is 2.88. The zero-order valence-corrected chi connectivity index (χ0v) is 29.7. The molecule has 1 N–H and O–H groups in total. The molecule has 3 heterocycles. The van der Waals surface area contributed by atoms with Crippen molar-refractivity contribution in [2.75, 3.05) is 49.1 Å². The van der Waals surface area contributed by atoms with Crippen LogP contribution in [0.5, 0.6) is 0 Å². The maximum Gasteiger partial charge on any atom is 0.251 e. The van der Waals surface area contributed by atoms with E-state index in [0.717, 1.165) is 42.9 Å². The van der Waals surface area contributed by atoms with Crippen LogP contribution in [0.4, 0.5) is 11.4 Å². The number of carbonyl (C=O) groups is 3. The van der Waals surface area contributed by atoms with Gasteiger partial charge in [-0.05, 0) is 82.7 Å². The van der Waals surface area contributed by atoms with Gasteiger partial charge in [0.1, 0.15) is 6.04 Å². The summed E-state index contributed by atoms with van der Waals surface area (Å²) in [7, 11) is 0. The Morgan fingerprint density at radius 2 is 1.60 bits per heavy atom. The van der Waals surface area contributed by atoms with Crippen molar-refractivity contribution in [2.45, 2.75) is 75.0 Å². The summed E-state index contributed by atoms with van der Waals surface area (Å²) in [5, 5.41) is 9.43. The average molecular weight is 673 g/mol. The van der Waals surface area contributed by atoms with Gasteiger partial charge in [0, 0.05) is 62.0 Å². The molecular formula is C39H52N4O4S. The molecule has 48 heavy (non-hydrogen) atoms. The van der Waals surface area contributed by atoms with Crippen molar-refractivity contribution in [3.05, 3.63) is 85.5 Å². The van der Waals surface area contributed by atoms with E-state index >= 15 is 4.79 Å². The molecule has 9 heteroatoms. The molecule has 3 aliphatic heterocycles. The Morgan fingerprint density at radius 1 is 0.938 bits per heavy atom. The SMILES string of the molecule is C=CCN(Cc1ccccc1)C(=O)[C@@H]1[C@H]2C(=O)N(CCCCCO)C(C(=O)N(CC=C)c3ccc(N(CC)CC)cc3)C23CC[C@@]1(C)S3. The van der Waals surface area contributed by atoms with E-state index in [-0.39, 0.29) is 24.3 Å². The first-order chi connectivity index (χ1) is 23.2. The van der Waals surface area contributed by atoms with Crippen LogP contribution < -0.4 is 9.80 Å². The van der Waals surface area contributed by atoms with E-state index < -0.39 is 27.4 Å². The Morgan fingerprint density at radius 3 is 2.23 bits per heavy atom. The van der Waals surface area contributed by atoms with Crippen molar-refractivity contribution in [1.29, 1.82) is 0 Å². The number of thioether (sulfide) groups is 1. The molecule has 1 spiro atoms. The van der Waals surface area contributed by atoms with E-state index in [1.54, 1.807) is 33.7 Å². The molecule has 2 bridgehead atoms. The lowest BCUT2D eigenvalue weighted by Crippen LogP contribution is -2.55. The van der Waals surface area contributed by atoms with Crippen LogP contribution in [0.25, 0.3) is 0 Å². The van der Waals surface area contributed by atoms with E-state index in [2.05, 4.69) is 38.8 Å². The number of carbonyl (C=O) groups excluding carboxylic acids is 3. The number of unbranched alkanes of at least 4 members (excludes halogenated alkanes) is 2. The number of anilines is 2. The van der Waals surface area contributed by atoms with Gasteiger partial charge in [0.2, 0.25) is 11.8 Å². The highest BCUT2D eigenvalue weighted by Gasteiger charge is 2.77. The second-order valence-electron chi connectivity index (χ2n) is 13.5. The van der Waals surface area contributed by atoms with E-state index in [0.29, 0.717) is 45.4 Å². The fraction of sp³-hybridized carbons (Fsp3) is 0.513. The Kier molecular flexibility index (Phi) is 11.4. The normalized spacial score (nSPS) is 25.5. The summed E-state index contributed by atoms with van der Waals surface area (Å²) in [6, 6.07) is 17.3. The van der Waals surface area contributed by atoms with Crippen LogP contribution in [0.15, 0.2) is 79.9 Å². The second-order valence-corrected chi connectivity index (χ2v) is 15.4. The quantitative estimate of drug-likeness (QED) is 0.166. The highest BCUT2D eigenvalue weighted by atomic mass is 32.2. The van der Waals surface area contributed by atoms with Crippen LogP contribution in [0.3, 0.4) is 0 Å². The lowest BCUT2D eigenvalue weighted by atomic mass is 9.66. The van der Waals surface area contributed by atoms with Crippen LogP contribution in [0.1, 0.15) is 58.4 Å². The third-order valence-corrected chi connectivity index (χ3v) is 12.6. The summed E-state index contributed by atoms with van der Waals surface area (Å²) >= 11 is 1.70. The van der Waals surface area contributed by atoms with Gasteiger partial charge in [0.25, 0.3) is 5.91 Å². The number of fused-ring (bicyclic) bond motifs is 1. The number of rotatable bonds is 17. The molecule has 3 saturated heterocycles. The molecule has 0 aliphatic carbocycles. The molecule has 0 saturated carbocycles. The van der Waals surface area contributed by atoms with Crippen LogP contribution in [-0.4, -0.2) is 87.5 Å². The molecule has 3 amide bonds. The number of aliphatic hydroxyl groups is 1. The van der Waals surface area contributed by atoms with Gasteiger partial charge in [0.15, 0.2) is 0 Å². The van der Waals surface area contributed by atoms with Crippen molar-refractivity contribution in [1.82, 2.24) is 9.80 Å². The van der Waals surface area contributed by atoms with E-state index in [4.69, 9.17) is 0 Å². The number of hydrogen-bond acceptors (Lipinski definition) is 6. The van der Waals surface area contributed by atoms with Gasteiger partial charge in [-0.15, -0.1) is 24.9 Å². The molecular weight excluding hydrogens is 621 g/mol. The smallest absolute Gasteiger partial charge is 0.251 e. The van der Waals surface area contributed by atoms with Gasteiger partial charge in [-0.2, -0.15) is 0 Å². The topological polar surface area (TPSA) is 84.4 Å². The van der Waals surface area contributed by atoms with Crippen LogP contribution in [0.2, 0.25) is 0 Å². The average Bonchev–Trinajstić information content (AvgIpc) is 3.66. The Hall–Kier alpha value is -3.56. The number of nitrogens with zero attached hydrogens (tertiary/aromatic N) is 4. The standard InChI is InChI=1S/C39H52N4O4S/c1-6-24-41(28-29-16-12-10-13-17-29)35(45)32-33-36(46)43(26-14-11-15-27-44)34(39(33)23-22-38(32,5)48-39)37(47)42(25-7-2)31-20-18-30(19-21-31)40(8-3)9-4/h6-7,10,12-13,16-21,32-34,44H,1-2,8-9,11,14-15,22-28H2,3-5H3/t32-,33-,34?,38+,39?/m0/s1. The predicted octanol–water partition coefficient (Wildman–Crippen LogP) is 5.91. The predicted molar refractivity (Wildman–Crippen MR) is 196 cm³/mol. The summed E-state index contributed by atoms with van der Waals surface area (Å²) in [4.78, 5) is 52.0. The van der Waals surface area contributed by atoms with Crippen molar-refractivity contribution in [3.8, 4) is 0 Å². The minimum Gasteiger partial charge on any atom is -0.396 e. The Balaban J connectivity index is 1.52. The lowest BCUT2D eigenvalue weighted by molar-refractivity contribution is -0.145. The molecule has 2 aromatic carbocycles. The maximum atomic E-state index is 15.0. The molecule has 8 nitrogen and oxygen atoms in total. The first-order valence-electron chi connectivity index (χ1n) is 17.5. The summed E-state index contributed by atoms with van der Waals surface area (Å²) < 4.78 is -1.18. The van der Waals surface area contributed by atoms with Crippen molar-refractivity contribution < 1.29 is 19.5 Å². The second kappa shape index (κ2) is 15.3. The number of likely N-dealkylation sites (tertiary alicyclic amines) is 1. The molecule has 0 radical (unpaired) electrons. The van der Waals surface area contributed by atoms with Crippen LogP contribution in [0, 0.1) is 11.8 Å². The highest BCUT2D eigenvalue weighted by Crippen LogP contribution is 2.71. The first-order valence-corrected chi connectivity index (χ1v) is 18.3. The van der Waals surface area contributed by atoms with Crippen LogP contribution >= 0.6 is 11.8 Å². The van der Waals surface area contributed by atoms with Gasteiger partial charge in [-0.25, -0.2) is 0 Å². The minimum absolute atomic E-state index is 0.0445. The monoisotopic (exact) mass is 672 g/mol. The third kappa shape index (κ3) is 6.56. The van der Waals surface area contributed by atoms with Crippen molar-refractivity contribution >= 4 is 40.9 Å². The van der Waals surface area contributed by atoms with Crippen molar-refractivity contribution in [2.24, 2.45) is 11.8 Å². The minimum atomic E-state index is -0.715. The fourth-order valence-corrected chi connectivity index (χ4v) is 10.7. The number of amides is 3. The Bertz CT molecular complexity index is 1460. The maximum absolute atomic E-state index is 15.0. The number of hydrogen-bond donors (Lipinski definition) is 1. The zero-order valence-electron chi connectivity index (χ0n) is 28.9. The zero-order chi connectivity index (χ0) is 34.5. The van der Waals surface area contributed by atoms with Gasteiger partial charge in [-0.1, -0.05) is 42.5 Å². The van der Waals surface area contributed by atoms with Gasteiger partial charge in [0.05, 0.1) is 16.6 Å². The molecule has 2 unspecified atom stereocenters. The summed E-state index contributed by atoms with van der Waals surface area (Å²) in [5.74, 6) is -1.41. The number of benzene rings is 2. The molecule has 3 aliphatic rings. The van der Waals surface area contributed by atoms with Crippen molar-refractivity contribution in [3.63, 3.8) is 0 Å². The number of aliphatic hydroxyl groups excluding tert-OH is 1. The Labute approximate surface area is 290 Å². The third-order valence-electron chi connectivity index (χ3n) is 10.6. The van der Waals surface area contributed by atoms with Gasteiger partial charge in [-0.3, -0.25) is 14.4 Å². The molecule has 2 aromatic rings. The van der Waals surface area contributed by atoms with E-state index in [1.165, 1.54) is 0 Å². The van der Waals surface area contributed by atoms with E-state index in [1.807, 2.05) is 59.5 Å². The molecule has 5 atom stereocenters. The molecule has 0 aromatic heterocycles. The lowest BCUT2D eigenvalue weighted by Gasteiger charge is -2.38. The van der Waals surface area contributed by atoms with Crippen LogP contribution in [-0.2, 0) is 20.9 Å². The summed E-state index contributed by atoms with van der Waals surface area (Å²) in [6.07, 6.45) is 7.00. The van der Waals surface area contributed by atoms with Gasteiger partial charge < -0.3 is 24.7 Å². The first kappa shape index (κ1) is 35.7.